The molecule has 1 atom stereocenters. The van der Waals surface area contributed by atoms with Gasteiger partial charge in [0.1, 0.15) is 12.1 Å². The van der Waals surface area contributed by atoms with Crippen LogP contribution in [0.15, 0.2) is 42.7 Å². The van der Waals surface area contributed by atoms with E-state index in [4.69, 9.17) is 9.47 Å². The third-order valence-electron chi connectivity index (χ3n) is 7.34. The lowest BCUT2D eigenvalue weighted by atomic mass is 10.0. The van der Waals surface area contributed by atoms with Crippen molar-refractivity contribution in [1.29, 1.82) is 0 Å². The van der Waals surface area contributed by atoms with Crippen LogP contribution in [0.2, 0.25) is 0 Å². The number of rotatable bonds is 10. The molecule has 3 aromatic rings. The Morgan fingerprint density at radius 3 is 2.62 bits per heavy atom. The van der Waals surface area contributed by atoms with Gasteiger partial charge < -0.3 is 19.7 Å². The molecule has 2 aliphatic heterocycles. The number of aryl methyl sites for hydroxylation is 1. The smallest absolute Gasteiger partial charge is 0.228 e. The highest BCUT2D eigenvalue weighted by Crippen LogP contribution is 2.35. The number of methoxy groups -OCH3 is 1. The Morgan fingerprint density at radius 2 is 1.92 bits per heavy atom. The van der Waals surface area contributed by atoms with Gasteiger partial charge >= 0.3 is 0 Å². The number of hydrogen-bond donors (Lipinski definition) is 1. The number of benzene rings is 2. The lowest BCUT2D eigenvalue weighted by Gasteiger charge is -2.40. The number of nitrogens with one attached hydrogen (secondary N) is 1. The molecule has 0 spiro atoms. The highest BCUT2D eigenvalue weighted by molar-refractivity contribution is 5.92. The maximum absolute atomic E-state index is 11.9. The van der Waals surface area contributed by atoms with E-state index in [1.165, 1.54) is 18.4 Å². The Labute approximate surface area is 218 Å². The molecule has 1 aromatic heterocycles. The first-order valence-electron chi connectivity index (χ1n) is 13.1. The second kappa shape index (κ2) is 11.7. The van der Waals surface area contributed by atoms with E-state index in [0.29, 0.717) is 31.2 Å². The number of anilines is 2. The van der Waals surface area contributed by atoms with Gasteiger partial charge in [-0.05, 0) is 63.4 Å². The third-order valence-corrected chi connectivity index (χ3v) is 7.34. The van der Waals surface area contributed by atoms with Crippen molar-refractivity contribution in [3.63, 3.8) is 0 Å². The normalized spacial score (nSPS) is 18.2. The van der Waals surface area contributed by atoms with E-state index in [9.17, 15) is 4.79 Å². The van der Waals surface area contributed by atoms with Crippen LogP contribution in [0, 0.1) is 12.8 Å². The standard InChI is InChI=1S/C28H36N6O3/c1-21-5-7-23(8-6-21)34(20-35)33-13-11-32(12-14-33)28-24-16-26(36-2)27(17-25(24)30-19-31-28)37-15-3-4-22-9-10-29-18-22/h5-8,16-17,19-20,22,29H,3-4,9-15,18H2,1-2H3. The van der Waals surface area contributed by atoms with E-state index in [0.717, 1.165) is 67.3 Å². The van der Waals surface area contributed by atoms with Crippen LogP contribution in [0.25, 0.3) is 10.9 Å². The Balaban J connectivity index is 1.26. The number of fused-ring (bicyclic) bond motifs is 1. The molecule has 0 bridgehead atoms. The van der Waals surface area contributed by atoms with Crippen molar-refractivity contribution < 1.29 is 14.3 Å². The van der Waals surface area contributed by atoms with Crippen molar-refractivity contribution in [2.24, 2.45) is 5.92 Å². The summed E-state index contributed by atoms with van der Waals surface area (Å²) in [5.74, 6) is 3.04. The lowest BCUT2D eigenvalue weighted by Crippen LogP contribution is -2.54. The van der Waals surface area contributed by atoms with Crippen molar-refractivity contribution in [2.75, 3.05) is 62.9 Å². The second-order valence-electron chi connectivity index (χ2n) is 9.79. The molecule has 1 amide bonds. The monoisotopic (exact) mass is 504 g/mol. The molecule has 2 aromatic carbocycles. The van der Waals surface area contributed by atoms with Crippen LogP contribution < -0.4 is 24.7 Å². The van der Waals surface area contributed by atoms with Crippen LogP contribution in [-0.4, -0.2) is 74.4 Å². The first kappa shape index (κ1) is 25.2. The number of hydrazine groups is 1. The summed E-state index contributed by atoms with van der Waals surface area (Å²) in [7, 11) is 1.67. The van der Waals surface area contributed by atoms with E-state index < -0.39 is 0 Å². The van der Waals surface area contributed by atoms with Gasteiger partial charge in [0.25, 0.3) is 0 Å². The van der Waals surface area contributed by atoms with Crippen molar-refractivity contribution in [2.45, 2.75) is 26.2 Å². The molecule has 196 valence electrons. The van der Waals surface area contributed by atoms with Gasteiger partial charge in [-0.3, -0.25) is 4.79 Å². The van der Waals surface area contributed by atoms with Crippen LogP contribution in [0.5, 0.6) is 11.5 Å². The van der Waals surface area contributed by atoms with Crippen LogP contribution in [0.3, 0.4) is 0 Å². The summed E-state index contributed by atoms with van der Waals surface area (Å²) in [5, 5.41) is 8.13. The van der Waals surface area contributed by atoms with Crippen LogP contribution in [-0.2, 0) is 4.79 Å². The van der Waals surface area contributed by atoms with E-state index in [2.05, 4.69) is 25.2 Å². The summed E-state index contributed by atoms with van der Waals surface area (Å²) < 4.78 is 11.8. The number of hydrogen-bond acceptors (Lipinski definition) is 8. The number of nitrogens with zero attached hydrogens (tertiary/aromatic N) is 5. The number of carbonyl (C=O) groups is 1. The highest BCUT2D eigenvalue weighted by Gasteiger charge is 2.25. The van der Waals surface area contributed by atoms with Gasteiger partial charge in [-0.1, -0.05) is 17.7 Å². The molecular weight excluding hydrogens is 468 g/mol. The lowest BCUT2D eigenvalue weighted by molar-refractivity contribution is -0.110. The van der Waals surface area contributed by atoms with Crippen molar-refractivity contribution in [3.05, 3.63) is 48.3 Å². The average molecular weight is 505 g/mol. The van der Waals surface area contributed by atoms with Gasteiger partial charge in [-0.2, -0.15) is 0 Å². The summed E-state index contributed by atoms with van der Waals surface area (Å²) in [6, 6.07) is 11.9. The summed E-state index contributed by atoms with van der Waals surface area (Å²) in [6.45, 7) is 7.82. The molecule has 2 fully saturated rings. The zero-order valence-corrected chi connectivity index (χ0v) is 21.7. The molecule has 2 aliphatic rings. The molecule has 9 heteroatoms. The number of piperazine rings is 1. The fourth-order valence-corrected chi connectivity index (χ4v) is 5.20. The van der Waals surface area contributed by atoms with Crippen molar-refractivity contribution >= 4 is 28.8 Å². The molecule has 0 radical (unpaired) electrons. The number of amides is 1. The predicted octanol–water partition coefficient (Wildman–Crippen LogP) is 3.42. The van der Waals surface area contributed by atoms with Gasteiger partial charge in [-0.25, -0.2) is 20.0 Å². The second-order valence-corrected chi connectivity index (χ2v) is 9.79. The number of carbonyl (C=O) groups excluding carboxylic acids is 1. The largest absolute Gasteiger partial charge is 0.493 e. The molecule has 0 aliphatic carbocycles. The van der Waals surface area contributed by atoms with Crippen molar-refractivity contribution in [3.8, 4) is 11.5 Å². The topological polar surface area (TPSA) is 83.1 Å². The Morgan fingerprint density at radius 1 is 1.11 bits per heavy atom. The van der Waals surface area contributed by atoms with E-state index in [1.54, 1.807) is 18.4 Å². The van der Waals surface area contributed by atoms with Crippen LogP contribution in [0.4, 0.5) is 11.5 Å². The number of aromatic nitrogens is 2. The van der Waals surface area contributed by atoms with Crippen LogP contribution in [0.1, 0.15) is 24.8 Å². The molecule has 9 nitrogen and oxygen atoms in total. The predicted molar refractivity (Wildman–Crippen MR) is 145 cm³/mol. The molecule has 3 heterocycles. The Bertz CT molecular complexity index is 1190. The molecule has 2 saturated heterocycles. The summed E-state index contributed by atoms with van der Waals surface area (Å²) in [6.07, 6.45) is 5.95. The molecule has 0 saturated carbocycles. The number of ether oxygens (including phenoxy) is 2. The highest BCUT2D eigenvalue weighted by atomic mass is 16.5. The minimum atomic E-state index is 0.659. The van der Waals surface area contributed by atoms with Gasteiger partial charge in [0.15, 0.2) is 11.5 Å². The van der Waals surface area contributed by atoms with E-state index >= 15 is 0 Å². The van der Waals surface area contributed by atoms with E-state index in [1.807, 2.05) is 43.3 Å². The molecular formula is C28H36N6O3. The molecule has 37 heavy (non-hydrogen) atoms. The third kappa shape index (κ3) is 5.78. The van der Waals surface area contributed by atoms with Crippen LogP contribution >= 0.6 is 0 Å². The van der Waals surface area contributed by atoms with Gasteiger partial charge in [-0.15, -0.1) is 0 Å². The molecule has 1 N–H and O–H groups in total. The Kier molecular flexibility index (Phi) is 8.01. The SMILES string of the molecule is COc1cc2c(N3CCN(N(C=O)c4ccc(C)cc4)CC3)ncnc2cc1OCCCC1CCNC1. The van der Waals surface area contributed by atoms with Gasteiger partial charge in [0, 0.05) is 37.6 Å². The first-order chi connectivity index (χ1) is 18.2. The van der Waals surface area contributed by atoms with E-state index in [-0.39, 0.29) is 0 Å². The average Bonchev–Trinajstić information content (AvgIpc) is 3.46. The molecule has 5 rings (SSSR count). The van der Waals surface area contributed by atoms with Crippen molar-refractivity contribution in [1.82, 2.24) is 20.3 Å². The minimum absolute atomic E-state index is 0.659. The zero-order valence-electron chi connectivity index (χ0n) is 21.7. The fraction of sp³-hybridized carbons (Fsp3) is 0.464. The minimum Gasteiger partial charge on any atom is -0.493 e. The Hall–Kier alpha value is -3.43. The zero-order chi connectivity index (χ0) is 25.6. The fourth-order valence-electron chi connectivity index (χ4n) is 5.20. The summed E-state index contributed by atoms with van der Waals surface area (Å²) in [5.41, 5.74) is 2.87. The maximum Gasteiger partial charge on any atom is 0.228 e. The van der Waals surface area contributed by atoms with Gasteiger partial charge in [0.05, 0.1) is 24.9 Å². The quantitative estimate of drug-likeness (QED) is 0.332. The summed E-state index contributed by atoms with van der Waals surface area (Å²) in [4.78, 5) is 23.3. The maximum atomic E-state index is 11.9. The first-order valence-corrected chi connectivity index (χ1v) is 13.1. The molecule has 1 unspecified atom stereocenters. The van der Waals surface area contributed by atoms with Gasteiger partial charge in [0.2, 0.25) is 6.41 Å². The summed E-state index contributed by atoms with van der Waals surface area (Å²) >= 11 is 0.